The maximum Gasteiger partial charge on any atom is 0.224 e. The van der Waals surface area contributed by atoms with Gasteiger partial charge in [0, 0.05) is 29.4 Å². The lowest BCUT2D eigenvalue weighted by Gasteiger charge is -2.32. The summed E-state index contributed by atoms with van der Waals surface area (Å²) >= 11 is 5.90. The van der Waals surface area contributed by atoms with Crippen molar-refractivity contribution in [2.24, 2.45) is 11.8 Å². The van der Waals surface area contributed by atoms with Crippen molar-refractivity contribution in [2.75, 3.05) is 0 Å². The molecule has 1 N–H and O–H groups in total. The summed E-state index contributed by atoms with van der Waals surface area (Å²) < 4.78 is 0. The molecule has 1 aliphatic rings. The average Bonchev–Trinajstić information content (AvgIpc) is 2.47. The van der Waals surface area contributed by atoms with Crippen LogP contribution in [0.2, 0.25) is 5.02 Å². The highest BCUT2D eigenvalue weighted by molar-refractivity contribution is 6.30. The Morgan fingerprint density at radius 1 is 1.23 bits per heavy atom. The zero-order valence-corrected chi connectivity index (χ0v) is 13.4. The minimum Gasteiger partial charge on any atom is -0.550 e. The van der Waals surface area contributed by atoms with Gasteiger partial charge in [0.2, 0.25) is 5.91 Å². The third-order valence-electron chi connectivity index (χ3n) is 4.26. The number of amides is 1. The van der Waals surface area contributed by atoms with Crippen LogP contribution < -0.4 is 10.4 Å². The van der Waals surface area contributed by atoms with Gasteiger partial charge in [-0.15, -0.1) is 0 Å². The molecule has 0 radical (unpaired) electrons. The van der Waals surface area contributed by atoms with E-state index in [1.165, 1.54) is 0 Å². The molecule has 0 bridgehead atoms. The number of benzene rings is 1. The molecule has 1 amide bonds. The molecule has 0 spiro atoms. The van der Waals surface area contributed by atoms with Gasteiger partial charge in [0.25, 0.3) is 0 Å². The highest BCUT2D eigenvalue weighted by Gasteiger charge is 2.33. The second-order valence-electron chi connectivity index (χ2n) is 5.85. The van der Waals surface area contributed by atoms with Crippen LogP contribution in [0.3, 0.4) is 0 Å². The van der Waals surface area contributed by atoms with Crippen LogP contribution in [0.5, 0.6) is 0 Å². The zero-order valence-electron chi connectivity index (χ0n) is 12.7. The van der Waals surface area contributed by atoms with Gasteiger partial charge in [-0.05, 0) is 44.4 Å². The molecule has 1 aromatic rings. The third-order valence-corrected chi connectivity index (χ3v) is 4.50. The Balaban J connectivity index is 2.05. The van der Waals surface area contributed by atoms with E-state index in [0.29, 0.717) is 24.4 Å². The number of aliphatic carboxylic acids is 1. The SMILES string of the molecule is CC1=C(C)C[C@@H](C(=O)[O-])[C@@H](C(=O)NCc2cccc(Cl)c2)C1. The standard InChI is InChI=1S/C17H20ClNO3/c1-10-6-14(15(17(21)22)7-11(10)2)16(20)19-9-12-4-3-5-13(18)8-12/h3-5,8,14-15H,6-7,9H2,1-2H3,(H,19,20)(H,21,22)/p-1/t14-,15+/m0/s1. The maximum absolute atomic E-state index is 12.4. The zero-order chi connectivity index (χ0) is 16.3. The van der Waals surface area contributed by atoms with Gasteiger partial charge in [0.1, 0.15) is 0 Å². The molecule has 0 saturated carbocycles. The summed E-state index contributed by atoms with van der Waals surface area (Å²) in [4.78, 5) is 23.7. The van der Waals surface area contributed by atoms with Crippen molar-refractivity contribution in [3.05, 3.63) is 46.0 Å². The Kier molecular flexibility index (Phi) is 5.24. The summed E-state index contributed by atoms with van der Waals surface area (Å²) in [5.41, 5.74) is 3.00. The summed E-state index contributed by atoms with van der Waals surface area (Å²) in [6.07, 6.45) is 0.843. The van der Waals surface area contributed by atoms with Crippen molar-refractivity contribution in [1.29, 1.82) is 0 Å². The molecular formula is C17H19ClNO3-. The van der Waals surface area contributed by atoms with Gasteiger partial charge < -0.3 is 15.2 Å². The quantitative estimate of drug-likeness (QED) is 0.863. The lowest BCUT2D eigenvalue weighted by molar-refractivity contribution is -0.313. The molecule has 0 heterocycles. The molecule has 0 saturated heterocycles. The average molecular weight is 321 g/mol. The fraction of sp³-hybridized carbons (Fsp3) is 0.412. The Bertz CT molecular complexity index is 624. The van der Waals surface area contributed by atoms with Gasteiger partial charge in [-0.1, -0.05) is 34.9 Å². The molecule has 0 unspecified atom stereocenters. The predicted octanol–water partition coefficient (Wildman–Crippen LogP) is 2.07. The lowest BCUT2D eigenvalue weighted by Crippen LogP contribution is -2.44. The van der Waals surface area contributed by atoms with Crippen molar-refractivity contribution >= 4 is 23.5 Å². The van der Waals surface area contributed by atoms with Gasteiger partial charge in [0.05, 0.1) is 0 Å². The van der Waals surface area contributed by atoms with Gasteiger partial charge >= 0.3 is 0 Å². The normalized spacial score (nSPS) is 21.6. The number of rotatable bonds is 4. The number of carboxylic acid groups (broad SMARTS) is 1. The topological polar surface area (TPSA) is 69.2 Å². The molecule has 118 valence electrons. The van der Waals surface area contributed by atoms with Crippen molar-refractivity contribution in [2.45, 2.75) is 33.2 Å². The minimum absolute atomic E-state index is 0.249. The molecular weight excluding hydrogens is 302 g/mol. The highest BCUT2D eigenvalue weighted by atomic mass is 35.5. The maximum atomic E-state index is 12.4. The number of halogens is 1. The van der Waals surface area contributed by atoms with Crippen LogP contribution in [0.25, 0.3) is 0 Å². The number of allylic oxidation sites excluding steroid dienone is 2. The monoisotopic (exact) mass is 320 g/mol. The minimum atomic E-state index is -1.16. The molecule has 4 nitrogen and oxygen atoms in total. The fourth-order valence-corrected chi connectivity index (χ4v) is 3.00. The Labute approximate surface area is 135 Å². The van der Waals surface area contributed by atoms with E-state index in [-0.39, 0.29) is 5.91 Å². The Morgan fingerprint density at radius 2 is 1.86 bits per heavy atom. The molecule has 2 atom stereocenters. The second kappa shape index (κ2) is 6.97. The van der Waals surface area contributed by atoms with Gasteiger partial charge in [-0.25, -0.2) is 0 Å². The molecule has 5 heteroatoms. The van der Waals surface area contributed by atoms with Gasteiger partial charge in [-0.2, -0.15) is 0 Å². The van der Waals surface area contributed by atoms with E-state index in [2.05, 4.69) is 5.32 Å². The largest absolute Gasteiger partial charge is 0.550 e. The van der Waals surface area contributed by atoms with E-state index in [0.717, 1.165) is 16.7 Å². The lowest BCUT2D eigenvalue weighted by atomic mass is 9.76. The number of hydrogen-bond donors (Lipinski definition) is 1. The number of nitrogens with one attached hydrogen (secondary N) is 1. The first-order valence-electron chi connectivity index (χ1n) is 7.26. The Morgan fingerprint density at radius 3 is 2.45 bits per heavy atom. The summed E-state index contributed by atoms with van der Waals surface area (Å²) in [5.74, 6) is -2.74. The number of carboxylic acids is 1. The van der Waals surface area contributed by atoms with E-state index in [9.17, 15) is 14.7 Å². The third kappa shape index (κ3) is 3.89. The molecule has 0 aromatic heterocycles. The van der Waals surface area contributed by atoms with Crippen molar-refractivity contribution < 1.29 is 14.7 Å². The molecule has 1 aromatic carbocycles. The van der Waals surface area contributed by atoms with Crippen LogP contribution in [0, 0.1) is 11.8 Å². The Hall–Kier alpha value is -1.81. The van der Waals surface area contributed by atoms with E-state index in [1.807, 2.05) is 26.0 Å². The highest BCUT2D eigenvalue weighted by Crippen LogP contribution is 2.34. The van der Waals surface area contributed by atoms with Crippen LogP contribution in [0.15, 0.2) is 35.4 Å². The first kappa shape index (κ1) is 16.6. The van der Waals surface area contributed by atoms with Crippen LogP contribution >= 0.6 is 11.6 Å². The second-order valence-corrected chi connectivity index (χ2v) is 6.29. The van der Waals surface area contributed by atoms with Crippen molar-refractivity contribution in [3.8, 4) is 0 Å². The van der Waals surface area contributed by atoms with Crippen molar-refractivity contribution in [3.63, 3.8) is 0 Å². The fourth-order valence-electron chi connectivity index (χ4n) is 2.78. The van der Waals surface area contributed by atoms with Crippen LogP contribution in [-0.4, -0.2) is 11.9 Å². The molecule has 2 rings (SSSR count). The predicted molar refractivity (Wildman–Crippen MR) is 82.9 cm³/mol. The van der Waals surface area contributed by atoms with Gasteiger partial charge in [-0.3, -0.25) is 4.79 Å². The smallest absolute Gasteiger partial charge is 0.224 e. The van der Waals surface area contributed by atoms with Crippen LogP contribution in [0.1, 0.15) is 32.3 Å². The molecule has 1 aliphatic carbocycles. The summed E-state index contributed by atoms with van der Waals surface area (Å²) in [6.45, 7) is 4.18. The van der Waals surface area contributed by atoms with E-state index >= 15 is 0 Å². The van der Waals surface area contributed by atoms with Crippen molar-refractivity contribution in [1.82, 2.24) is 5.32 Å². The first-order valence-corrected chi connectivity index (χ1v) is 7.64. The number of carbonyl (C=O) groups is 2. The summed E-state index contributed by atoms with van der Waals surface area (Å²) in [7, 11) is 0. The van der Waals surface area contributed by atoms with Crippen LogP contribution in [0.4, 0.5) is 0 Å². The van der Waals surface area contributed by atoms with E-state index in [4.69, 9.17) is 11.6 Å². The number of carbonyl (C=O) groups excluding carboxylic acids is 2. The molecule has 22 heavy (non-hydrogen) atoms. The summed E-state index contributed by atoms with van der Waals surface area (Å²) in [5, 5.41) is 14.7. The van der Waals surface area contributed by atoms with Crippen LogP contribution in [-0.2, 0) is 16.1 Å². The first-order chi connectivity index (χ1) is 10.4. The molecule has 0 fully saturated rings. The van der Waals surface area contributed by atoms with E-state index < -0.39 is 17.8 Å². The molecule has 0 aliphatic heterocycles. The summed E-state index contributed by atoms with van der Waals surface area (Å²) in [6, 6.07) is 7.20. The van der Waals surface area contributed by atoms with Gasteiger partial charge in [0.15, 0.2) is 0 Å². The van der Waals surface area contributed by atoms with E-state index in [1.54, 1.807) is 12.1 Å². The number of hydrogen-bond acceptors (Lipinski definition) is 3.